The summed E-state index contributed by atoms with van der Waals surface area (Å²) in [5.41, 5.74) is 2.44. The van der Waals surface area contributed by atoms with Gasteiger partial charge in [0.25, 0.3) is 0 Å². The molecule has 1 fully saturated rings. The number of ether oxygens (including phenoxy) is 1. The minimum atomic E-state index is -0.491. The molecule has 1 aliphatic rings. The minimum Gasteiger partial charge on any atom is -0.461 e. The van der Waals surface area contributed by atoms with Crippen molar-refractivity contribution in [1.82, 2.24) is 4.98 Å². The summed E-state index contributed by atoms with van der Waals surface area (Å²) in [6, 6.07) is 7.73. The number of nitrogens with zero attached hydrogens (tertiary/aromatic N) is 2. The normalized spacial score (nSPS) is 17.0. The summed E-state index contributed by atoms with van der Waals surface area (Å²) >= 11 is 1.47. The van der Waals surface area contributed by atoms with Crippen molar-refractivity contribution in [3.05, 3.63) is 59.2 Å². The molecule has 1 unspecified atom stereocenters. The van der Waals surface area contributed by atoms with Crippen LogP contribution in [0.5, 0.6) is 0 Å². The van der Waals surface area contributed by atoms with Crippen LogP contribution in [0.15, 0.2) is 36.5 Å². The van der Waals surface area contributed by atoms with E-state index in [0.29, 0.717) is 11.4 Å². The fourth-order valence-electron chi connectivity index (χ4n) is 2.68. The van der Waals surface area contributed by atoms with Crippen molar-refractivity contribution in [2.45, 2.75) is 19.2 Å². The van der Waals surface area contributed by atoms with Gasteiger partial charge < -0.3 is 4.74 Å². The standard InChI is InChI=1S/C18H17FN2O3S/c1-3-24-18(23)14-8-11(2)15(9-20-14)21-16(22)10-25-17(21)12-4-6-13(19)7-5-12/h4-9,17H,3,10H2,1-2H3. The SMILES string of the molecule is CCOC(=O)c1cc(C)c(N2C(=O)CSC2c2ccc(F)cc2)cn1. The van der Waals surface area contributed by atoms with Gasteiger partial charge in [-0.25, -0.2) is 14.2 Å². The van der Waals surface area contributed by atoms with Gasteiger partial charge in [0.15, 0.2) is 0 Å². The number of pyridine rings is 1. The summed E-state index contributed by atoms with van der Waals surface area (Å²) in [6.07, 6.45) is 1.52. The van der Waals surface area contributed by atoms with E-state index in [4.69, 9.17) is 4.74 Å². The summed E-state index contributed by atoms with van der Waals surface area (Å²) in [6.45, 7) is 3.82. The lowest BCUT2D eigenvalue weighted by Gasteiger charge is -2.25. The van der Waals surface area contributed by atoms with Crippen LogP contribution in [-0.2, 0) is 9.53 Å². The van der Waals surface area contributed by atoms with Gasteiger partial charge in [-0.2, -0.15) is 0 Å². The van der Waals surface area contributed by atoms with E-state index in [9.17, 15) is 14.0 Å². The molecule has 2 heterocycles. The second-order valence-corrected chi connectivity index (χ2v) is 6.62. The van der Waals surface area contributed by atoms with Crippen molar-refractivity contribution in [3.63, 3.8) is 0 Å². The minimum absolute atomic E-state index is 0.0480. The molecule has 7 heteroatoms. The monoisotopic (exact) mass is 360 g/mol. The van der Waals surface area contributed by atoms with Crippen molar-refractivity contribution in [2.24, 2.45) is 0 Å². The highest BCUT2D eigenvalue weighted by Crippen LogP contribution is 2.42. The predicted molar refractivity (Wildman–Crippen MR) is 94.0 cm³/mol. The molecule has 1 aromatic heterocycles. The average Bonchev–Trinajstić information content (AvgIpc) is 2.97. The van der Waals surface area contributed by atoms with Crippen molar-refractivity contribution < 1.29 is 18.7 Å². The number of benzene rings is 1. The van der Waals surface area contributed by atoms with E-state index < -0.39 is 5.97 Å². The molecule has 1 atom stereocenters. The van der Waals surface area contributed by atoms with Gasteiger partial charge in [0.2, 0.25) is 5.91 Å². The maximum absolute atomic E-state index is 13.2. The average molecular weight is 360 g/mol. The molecule has 5 nitrogen and oxygen atoms in total. The van der Waals surface area contributed by atoms with Crippen LogP contribution >= 0.6 is 11.8 Å². The van der Waals surface area contributed by atoms with Crippen LogP contribution in [-0.4, -0.2) is 29.2 Å². The molecular formula is C18H17FN2O3S. The van der Waals surface area contributed by atoms with Gasteiger partial charge in [-0.3, -0.25) is 9.69 Å². The van der Waals surface area contributed by atoms with Crippen LogP contribution in [0.2, 0.25) is 0 Å². The number of carbonyl (C=O) groups excluding carboxylic acids is 2. The summed E-state index contributed by atoms with van der Waals surface area (Å²) in [5.74, 6) is -0.523. The van der Waals surface area contributed by atoms with E-state index in [1.54, 1.807) is 30.0 Å². The second-order valence-electron chi connectivity index (χ2n) is 5.56. The highest BCUT2D eigenvalue weighted by molar-refractivity contribution is 8.00. The molecule has 0 bridgehead atoms. The number of carbonyl (C=O) groups is 2. The lowest BCUT2D eigenvalue weighted by atomic mass is 10.1. The fraction of sp³-hybridized carbons (Fsp3) is 0.278. The Morgan fingerprint density at radius 2 is 2.12 bits per heavy atom. The van der Waals surface area contributed by atoms with Gasteiger partial charge in [-0.1, -0.05) is 12.1 Å². The van der Waals surface area contributed by atoms with Crippen molar-refractivity contribution in [3.8, 4) is 0 Å². The molecule has 2 aromatic rings. The molecule has 1 aromatic carbocycles. The fourth-order valence-corrected chi connectivity index (χ4v) is 3.85. The Morgan fingerprint density at radius 3 is 2.76 bits per heavy atom. The van der Waals surface area contributed by atoms with Crippen LogP contribution in [0, 0.1) is 12.7 Å². The highest BCUT2D eigenvalue weighted by atomic mass is 32.2. The number of anilines is 1. The largest absolute Gasteiger partial charge is 0.461 e. The van der Waals surface area contributed by atoms with Gasteiger partial charge in [-0.15, -0.1) is 11.8 Å². The third-order valence-electron chi connectivity index (χ3n) is 3.85. The Morgan fingerprint density at radius 1 is 1.40 bits per heavy atom. The number of rotatable bonds is 4. The van der Waals surface area contributed by atoms with E-state index in [-0.39, 0.29) is 29.4 Å². The Kier molecular flexibility index (Phi) is 5.03. The third kappa shape index (κ3) is 3.51. The molecule has 0 saturated carbocycles. The first-order valence-corrected chi connectivity index (χ1v) is 8.89. The zero-order valence-electron chi connectivity index (χ0n) is 13.9. The number of thioether (sulfide) groups is 1. The van der Waals surface area contributed by atoms with Crippen molar-refractivity contribution in [1.29, 1.82) is 0 Å². The number of aromatic nitrogens is 1. The maximum atomic E-state index is 13.2. The molecule has 1 saturated heterocycles. The number of hydrogen-bond donors (Lipinski definition) is 0. The first kappa shape index (κ1) is 17.4. The van der Waals surface area contributed by atoms with Crippen LogP contribution in [0.25, 0.3) is 0 Å². The zero-order valence-corrected chi connectivity index (χ0v) is 14.7. The molecule has 0 aliphatic carbocycles. The number of aryl methyl sites for hydroxylation is 1. The first-order chi connectivity index (χ1) is 12.0. The molecule has 130 valence electrons. The second kappa shape index (κ2) is 7.23. The molecule has 0 spiro atoms. The van der Waals surface area contributed by atoms with E-state index >= 15 is 0 Å². The van der Waals surface area contributed by atoms with Gasteiger partial charge in [0.05, 0.1) is 24.2 Å². The van der Waals surface area contributed by atoms with E-state index in [1.165, 1.54) is 30.1 Å². The first-order valence-electron chi connectivity index (χ1n) is 7.84. The topological polar surface area (TPSA) is 59.5 Å². The summed E-state index contributed by atoms with van der Waals surface area (Å²) in [4.78, 5) is 30.0. The van der Waals surface area contributed by atoms with Crippen LogP contribution in [0.4, 0.5) is 10.1 Å². The molecule has 1 aliphatic heterocycles. The number of amides is 1. The van der Waals surface area contributed by atoms with Gasteiger partial charge in [-0.05, 0) is 43.2 Å². The Balaban J connectivity index is 1.94. The molecule has 3 rings (SSSR count). The maximum Gasteiger partial charge on any atom is 0.356 e. The Hall–Kier alpha value is -2.41. The molecule has 1 amide bonds. The summed E-state index contributed by atoms with van der Waals surface area (Å²) in [5, 5.41) is -0.248. The predicted octanol–water partition coefficient (Wildman–Crippen LogP) is 3.48. The number of hydrogen-bond acceptors (Lipinski definition) is 5. The summed E-state index contributed by atoms with van der Waals surface area (Å²) in [7, 11) is 0. The lowest BCUT2D eigenvalue weighted by molar-refractivity contribution is -0.115. The van der Waals surface area contributed by atoms with E-state index in [2.05, 4.69) is 4.98 Å². The van der Waals surface area contributed by atoms with Crippen LogP contribution in [0.3, 0.4) is 0 Å². The van der Waals surface area contributed by atoms with Crippen LogP contribution in [0.1, 0.15) is 33.9 Å². The molecule has 0 radical (unpaired) electrons. The van der Waals surface area contributed by atoms with E-state index in [0.717, 1.165) is 11.1 Å². The van der Waals surface area contributed by atoms with Crippen molar-refractivity contribution in [2.75, 3.05) is 17.3 Å². The summed E-state index contributed by atoms with van der Waals surface area (Å²) < 4.78 is 18.1. The highest BCUT2D eigenvalue weighted by Gasteiger charge is 2.35. The van der Waals surface area contributed by atoms with Gasteiger partial charge >= 0.3 is 5.97 Å². The smallest absolute Gasteiger partial charge is 0.356 e. The molecule has 25 heavy (non-hydrogen) atoms. The quantitative estimate of drug-likeness (QED) is 0.781. The Labute approximate surface area is 149 Å². The molecular weight excluding hydrogens is 343 g/mol. The number of halogens is 1. The molecule has 0 N–H and O–H groups in total. The van der Waals surface area contributed by atoms with Gasteiger partial charge in [0, 0.05) is 0 Å². The van der Waals surface area contributed by atoms with Crippen LogP contribution < -0.4 is 4.90 Å². The lowest BCUT2D eigenvalue weighted by Crippen LogP contribution is -2.29. The third-order valence-corrected chi connectivity index (χ3v) is 5.06. The number of esters is 1. The van der Waals surface area contributed by atoms with Gasteiger partial charge in [0.1, 0.15) is 16.9 Å². The Bertz CT molecular complexity index is 810. The van der Waals surface area contributed by atoms with E-state index in [1.807, 2.05) is 6.92 Å². The zero-order chi connectivity index (χ0) is 18.0. The van der Waals surface area contributed by atoms with Crippen molar-refractivity contribution >= 4 is 29.3 Å².